The molecule has 3 aromatic carbocycles. The molecule has 0 spiro atoms. The first-order valence-corrected chi connectivity index (χ1v) is 11.2. The number of alkyl carbamates (subject to hydrolysis) is 1. The van der Waals surface area contributed by atoms with Crippen LogP contribution >= 0.6 is 0 Å². The van der Waals surface area contributed by atoms with E-state index in [1.807, 2.05) is 60.7 Å². The van der Waals surface area contributed by atoms with E-state index in [1.165, 1.54) is 4.90 Å². The molecule has 2 N–H and O–H groups in total. The Morgan fingerprint density at radius 1 is 1.03 bits per heavy atom. The van der Waals surface area contributed by atoms with Gasteiger partial charge in [0.15, 0.2) is 0 Å². The van der Waals surface area contributed by atoms with Gasteiger partial charge in [0.2, 0.25) is 11.8 Å². The molecule has 3 aromatic rings. The van der Waals surface area contributed by atoms with E-state index < -0.39 is 12.1 Å². The van der Waals surface area contributed by atoms with E-state index >= 15 is 0 Å². The molecule has 0 radical (unpaired) electrons. The van der Waals surface area contributed by atoms with Gasteiger partial charge in [-0.25, -0.2) is 4.79 Å². The van der Waals surface area contributed by atoms with Crippen LogP contribution in [0.3, 0.4) is 0 Å². The van der Waals surface area contributed by atoms with Gasteiger partial charge in [-0.05, 0) is 29.9 Å². The molecule has 1 aliphatic heterocycles. The Morgan fingerprint density at radius 3 is 2.59 bits per heavy atom. The van der Waals surface area contributed by atoms with Crippen LogP contribution in [-0.4, -0.2) is 49.0 Å². The standard InChI is InChI=1S/C26H27N3O5/c1-33-23-15-20(14-19-10-5-6-11-21(19)23)28-25(31)22-12-7-13-29(22)24(30)16-27-26(32)34-17-18-8-3-2-4-9-18/h2-6,8-11,14-15,22H,7,12-13,16-17H2,1H3,(H,27,32)(H,28,31)/t22-/m0/s1. The summed E-state index contributed by atoms with van der Waals surface area (Å²) in [6.07, 6.45) is 0.588. The quantitative estimate of drug-likeness (QED) is 0.559. The SMILES string of the molecule is COc1cc(NC(=O)[C@@H]2CCCN2C(=O)CNC(=O)OCc2ccccc2)cc2ccccc12. The van der Waals surface area contributed by atoms with Crippen molar-refractivity contribution in [3.8, 4) is 5.75 Å². The van der Waals surface area contributed by atoms with Crippen LogP contribution in [0.15, 0.2) is 66.7 Å². The first-order chi connectivity index (χ1) is 16.5. The number of nitrogens with one attached hydrogen (secondary N) is 2. The molecule has 1 atom stereocenters. The maximum atomic E-state index is 13.0. The third-order valence-corrected chi connectivity index (χ3v) is 5.78. The molecule has 0 aromatic heterocycles. The molecule has 8 nitrogen and oxygen atoms in total. The number of fused-ring (bicyclic) bond motifs is 1. The Hall–Kier alpha value is -4.07. The molecule has 0 saturated carbocycles. The zero-order valence-corrected chi connectivity index (χ0v) is 19.0. The fourth-order valence-electron chi connectivity index (χ4n) is 4.10. The van der Waals surface area contributed by atoms with Crippen molar-refractivity contribution in [2.24, 2.45) is 0 Å². The second-order valence-electron chi connectivity index (χ2n) is 8.05. The zero-order valence-electron chi connectivity index (χ0n) is 19.0. The highest BCUT2D eigenvalue weighted by Gasteiger charge is 2.34. The number of ether oxygens (including phenoxy) is 2. The second-order valence-corrected chi connectivity index (χ2v) is 8.05. The van der Waals surface area contributed by atoms with Gasteiger partial charge >= 0.3 is 6.09 Å². The van der Waals surface area contributed by atoms with E-state index in [1.54, 1.807) is 13.2 Å². The first kappa shape index (κ1) is 23.1. The van der Waals surface area contributed by atoms with Crippen LogP contribution in [0.25, 0.3) is 10.8 Å². The minimum atomic E-state index is -0.680. The Labute approximate surface area is 197 Å². The predicted octanol–water partition coefficient (Wildman–Crippen LogP) is 3.70. The minimum absolute atomic E-state index is 0.116. The third-order valence-electron chi connectivity index (χ3n) is 5.78. The molecule has 3 amide bonds. The van der Waals surface area contributed by atoms with Gasteiger partial charge in [-0.1, -0.05) is 54.6 Å². The summed E-state index contributed by atoms with van der Waals surface area (Å²) in [6.45, 7) is 0.338. The monoisotopic (exact) mass is 461 g/mol. The van der Waals surface area contributed by atoms with Gasteiger partial charge in [0, 0.05) is 23.7 Å². The lowest BCUT2D eigenvalue weighted by Crippen LogP contribution is -2.47. The van der Waals surface area contributed by atoms with Crippen LogP contribution in [0.1, 0.15) is 18.4 Å². The predicted molar refractivity (Wildman–Crippen MR) is 128 cm³/mol. The number of amides is 3. The van der Waals surface area contributed by atoms with Crippen LogP contribution in [0, 0.1) is 0 Å². The molecule has 0 aliphatic carbocycles. The Bertz CT molecular complexity index is 1180. The smallest absolute Gasteiger partial charge is 0.407 e. The number of benzene rings is 3. The summed E-state index contributed by atoms with van der Waals surface area (Å²) < 4.78 is 10.6. The largest absolute Gasteiger partial charge is 0.496 e. The molecule has 0 bridgehead atoms. The van der Waals surface area contributed by atoms with Gasteiger partial charge in [-0.3, -0.25) is 9.59 Å². The molecular formula is C26H27N3O5. The average molecular weight is 462 g/mol. The summed E-state index contributed by atoms with van der Waals surface area (Å²) in [5.74, 6) is 0.0613. The Kier molecular flexibility index (Phi) is 7.27. The van der Waals surface area contributed by atoms with Gasteiger partial charge in [0.1, 0.15) is 24.9 Å². The Balaban J connectivity index is 1.33. The topological polar surface area (TPSA) is 97.0 Å². The number of carbonyl (C=O) groups excluding carboxylic acids is 3. The zero-order chi connectivity index (χ0) is 23.9. The van der Waals surface area contributed by atoms with Gasteiger partial charge in [-0.2, -0.15) is 0 Å². The molecule has 8 heteroatoms. The summed E-state index contributed by atoms with van der Waals surface area (Å²) in [4.78, 5) is 39.2. The van der Waals surface area contributed by atoms with Gasteiger partial charge in [0.05, 0.1) is 7.11 Å². The maximum absolute atomic E-state index is 13.0. The number of anilines is 1. The van der Waals surface area contributed by atoms with Crippen molar-refractivity contribution < 1.29 is 23.9 Å². The summed E-state index contributed by atoms with van der Waals surface area (Å²) >= 11 is 0. The average Bonchev–Trinajstić information content (AvgIpc) is 3.36. The highest BCUT2D eigenvalue weighted by atomic mass is 16.5. The van der Waals surface area contributed by atoms with Crippen molar-refractivity contribution in [1.29, 1.82) is 0 Å². The van der Waals surface area contributed by atoms with E-state index in [9.17, 15) is 14.4 Å². The first-order valence-electron chi connectivity index (χ1n) is 11.2. The number of methoxy groups -OCH3 is 1. The Morgan fingerprint density at radius 2 is 1.79 bits per heavy atom. The number of hydrogen-bond donors (Lipinski definition) is 2. The van der Waals surface area contributed by atoms with Crippen molar-refractivity contribution in [2.45, 2.75) is 25.5 Å². The normalized spacial score (nSPS) is 15.1. The van der Waals surface area contributed by atoms with Gasteiger partial charge < -0.3 is 25.0 Å². The van der Waals surface area contributed by atoms with Crippen molar-refractivity contribution in [1.82, 2.24) is 10.2 Å². The lowest BCUT2D eigenvalue weighted by molar-refractivity contribution is -0.135. The molecule has 176 valence electrons. The van der Waals surface area contributed by atoms with E-state index in [2.05, 4.69) is 10.6 Å². The lowest BCUT2D eigenvalue weighted by atomic mass is 10.1. The van der Waals surface area contributed by atoms with Crippen LogP contribution in [0.2, 0.25) is 0 Å². The summed E-state index contributed by atoms with van der Waals surface area (Å²) in [6, 6.07) is 20.1. The second kappa shape index (κ2) is 10.7. The molecule has 4 rings (SSSR count). The molecular weight excluding hydrogens is 434 g/mol. The fourth-order valence-corrected chi connectivity index (χ4v) is 4.10. The number of carbonyl (C=O) groups is 3. The van der Waals surface area contributed by atoms with Crippen LogP contribution < -0.4 is 15.4 Å². The lowest BCUT2D eigenvalue weighted by Gasteiger charge is -2.24. The van der Waals surface area contributed by atoms with Crippen LogP contribution in [0.5, 0.6) is 5.75 Å². The molecule has 1 aliphatic rings. The molecule has 1 saturated heterocycles. The summed E-state index contributed by atoms with van der Waals surface area (Å²) in [5, 5.41) is 7.28. The number of hydrogen-bond acceptors (Lipinski definition) is 5. The van der Waals surface area contributed by atoms with Crippen molar-refractivity contribution >= 4 is 34.4 Å². The van der Waals surface area contributed by atoms with E-state index in [-0.39, 0.29) is 25.0 Å². The van der Waals surface area contributed by atoms with E-state index in [0.717, 1.165) is 16.3 Å². The molecule has 34 heavy (non-hydrogen) atoms. The third kappa shape index (κ3) is 5.46. The van der Waals surface area contributed by atoms with Crippen molar-refractivity contribution in [3.05, 3.63) is 72.3 Å². The molecule has 1 fully saturated rings. The van der Waals surface area contributed by atoms with Crippen LogP contribution in [-0.2, 0) is 20.9 Å². The number of nitrogens with zero attached hydrogens (tertiary/aromatic N) is 1. The molecule has 1 heterocycles. The van der Waals surface area contributed by atoms with E-state index in [4.69, 9.17) is 9.47 Å². The minimum Gasteiger partial charge on any atom is -0.496 e. The number of rotatable bonds is 7. The summed E-state index contributed by atoms with van der Waals surface area (Å²) in [5.41, 5.74) is 1.45. The van der Waals surface area contributed by atoms with E-state index in [0.29, 0.717) is 30.8 Å². The highest BCUT2D eigenvalue weighted by molar-refractivity contribution is 6.01. The summed E-state index contributed by atoms with van der Waals surface area (Å²) in [7, 11) is 1.59. The maximum Gasteiger partial charge on any atom is 0.407 e. The van der Waals surface area contributed by atoms with Gasteiger partial charge in [-0.15, -0.1) is 0 Å². The highest BCUT2D eigenvalue weighted by Crippen LogP contribution is 2.30. The van der Waals surface area contributed by atoms with Crippen LogP contribution in [0.4, 0.5) is 10.5 Å². The van der Waals surface area contributed by atoms with Gasteiger partial charge in [0.25, 0.3) is 0 Å². The van der Waals surface area contributed by atoms with Crippen molar-refractivity contribution in [2.75, 3.05) is 25.5 Å². The van der Waals surface area contributed by atoms with Crippen molar-refractivity contribution in [3.63, 3.8) is 0 Å². The fraction of sp³-hybridized carbons (Fsp3) is 0.269. The molecule has 0 unspecified atom stereocenters. The number of likely N-dealkylation sites (tertiary alicyclic amines) is 1.